The first kappa shape index (κ1) is 17.8. The van der Waals surface area contributed by atoms with Crippen molar-refractivity contribution in [2.75, 3.05) is 19.8 Å². The lowest BCUT2D eigenvalue weighted by Crippen LogP contribution is -2.34. The summed E-state index contributed by atoms with van der Waals surface area (Å²) < 4.78 is 11.1. The third kappa shape index (κ3) is 7.03. The van der Waals surface area contributed by atoms with Crippen LogP contribution in [0.15, 0.2) is 28.7 Å². The lowest BCUT2D eigenvalue weighted by molar-refractivity contribution is -0.150. The summed E-state index contributed by atoms with van der Waals surface area (Å²) in [6.07, 6.45) is 6.10. The minimum Gasteiger partial charge on any atom is -0.482 e. The van der Waals surface area contributed by atoms with E-state index in [9.17, 15) is 9.59 Å². The Morgan fingerprint density at radius 1 is 1.17 bits per heavy atom. The molecule has 0 saturated heterocycles. The third-order valence-corrected chi connectivity index (χ3v) is 4.32. The molecule has 5 nitrogen and oxygen atoms in total. The highest BCUT2D eigenvalue weighted by atomic mass is 79.9. The molecule has 0 aromatic heterocycles. The third-order valence-electron chi connectivity index (χ3n) is 3.83. The summed E-state index contributed by atoms with van der Waals surface area (Å²) in [5, 5.41) is 2.83. The van der Waals surface area contributed by atoms with Gasteiger partial charge in [-0.3, -0.25) is 4.79 Å². The Hall–Kier alpha value is -1.56. The van der Waals surface area contributed by atoms with E-state index in [1.54, 1.807) is 12.1 Å². The Morgan fingerprint density at radius 3 is 2.70 bits per heavy atom. The smallest absolute Gasteiger partial charge is 0.344 e. The summed E-state index contributed by atoms with van der Waals surface area (Å²) in [6.45, 7) is 0.199. The lowest BCUT2D eigenvalue weighted by Gasteiger charge is -2.21. The van der Waals surface area contributed by atoms with Crippen molar-refractivity contribution in [3.05, 3.63) is 28.7 Å². The summed E-state index contributed by atoms with van der Waals surface area (Å²) >= 11 is 3.32. The van der Waals surface area contributed by atoms with E-state index >= 15 is 0 Å². The quantitative estimate of drug-likeness (QED) is 0.734. The molecule has 1 fully saturated rings. The zero-order valence-electron chi connectivity index (χ0n) is 13.1. The number of benzene rings is 1. The van der Waals surface area contributed by atoms with Crippen molar-refractivity contribution in [3.63, 3.8) is 0 Å². The number of halogens is 1. The topological polar surface area (TPSA) is 64.6 Å². The highest BCUT2D eigenvalue weighted by Gasteiger charge is 2.15. The summed E-state index contributed by atoms with van der Waals surface area (Å²) in [5.41, 5.74) is 0. The van der Waals surface area contributed by atoms with E-state index in [4.69, 9.17) is 9.47 Å². The second-order valence-electron chi connectivity index (χ2n) is 5.71. The molecule has 0 aliphatic heterocycles. The Labute approximate surface area is 144 Å². The standard InChI is InChI=1S/C17H22BrNO4/c18-14-7-4-8-15(9-14)22-12-17(21)23-11-16(20)19-10-13-5-2-1-3-6-13/h4,7-9,13H,1-3,5-6,10-12H2,(H,19,20). The SMILES string of the molecule is O=C(COC(=O)COc1cccc(Br)c1)NCC1CCCCC1. The number of carbonyl (C=O) groups excluding carboxylic acids is 2. The molecule has 6 heteroatoms. The molecule has 2 rings (SSSR count). The molecular formula is C17H22BrNO4. The van der Waals surface area contributed by atoms with Crippen LogP contribution >= 0.6 is 15.9 Å². The Morgan fingerprint density at radius 2 is 1.96 bits per heavy atom. The zero-order chi connectivity index (χ0) is 16.5. The van der Waals surface area contributed by atoms with Crippen LogP contribution in [-0.4, -0.2) is 31.6 Å². The van der Waals surface area contributed by atoms with Gasteiger partial charge in [0.2, 0.25) is 0 Å². The molecule has 0 unspecified atom stereocenters. The van der Waals surface area contributed by atoms with Crippen LogP contribution in [0.5, 0.6) is 5.75 Å². The highest BCUT2D eigenvalue weighted by Crippen LogP contribution is 2.22. The molecule has 126 valence electrons. The highest BCUT2D eigenvalue weighted by molar-refractivity contribution is 9.10. The number of esters is 1. The maximum absolute atomic E-state index is 11.7. The Kier molecular flexibility index (Phi) is 7.39. The fourth-order valence-corrected chi connectivity index (χ4v) is 2.97. The van der Waals surface area contributed by atoms with Crippen molar-refractivity contribution >= 4 is 27.8 Å². The lowest BCUT2D eigenvalue weighted by atomic mass is 9.89. The molecule has 1 saturated carbocycles. The maximum atomic E-state index is 11.7. The average molecular weight is 384 g/mol. The van der Waals surface area contributed by atoms with Gasteiger partial charge in [0.05, 0.1) is 0 Å². The van der Waals surface area contributed by atoms with Crippen molar-refractivity contribution in [2.45, 2.75) is 32.1 Å². The van der Waals surface area contributed by atoms with Gasteiger partial charge in [0.1, 0.15) is 5.75 Å². The normalized spacial score (nSPS) is 15.0. The summed E-state index contributed by atoms with van der Waals surface area (Å²) in [7, 11) is 0. The van der Waals surface area contributed by atoms with Gasteiger partial charge in [-0.25, -0.2) is 4.79 Å². The van der Waals surface area contributed by atoms with Crippen LogP contribution in [0.1, 0.15) is 32.1 Å². The predicted molar refractivity (Wildman–Crippen MR) is 90.2 cm³/mol. The first-order chi connectivity index (χ1) is 11.1. The molecule has 0 bridgehead atoms. The van der Waals surface area contributed by atoms with Crippen molar-refractivity contribution < 1.29 is 19.1 Å². The number of rotatable bonds is 7. The monoisotopic (exact) mass is 383 g/mol. The van der Waals surface area contributed by atoms with Gasteiger partial charge in [-0.15, -0.1) is 0 Å². The van der Waals surface area contributed by atoms with Crippen LogP contribution in [0.2, 0.25) is 0 Å². The molecule has 0 heterocycles. The van der Waals surface area contributed by atoms with Crippen molar-refractivity contribution in [1.29, 1.82) is 0 Å². The van der Waals surface area contributed by atoms with Gasteiger partial charge in [0.25, 0.3) is 5.91 Å². The predicted octanol–water partition coefficient (Wildman–Crippen LogP) is 3.07. The molecule has 23 heavy (non-hydrogen) atoms. The van der Waals surface area contributed by atoms with Crippen LogP contribution in [-0.2, 0) is 14.3 Å². The van der Waals surface area contributed by atoms with Crippen LogP contribution in [0.4, 0.5) is 0 Å². The number of hydrogen-bond acceptors (Lipinski definition) is 4. The summed E-state index contributed by atoms with van der Waals surface area (Å²) in [5.74, 6) is 0.311. The molecule has 0 spiro atoms. The van der Waals surface area contributed by atoms with Gasteiger partial charge >= 0.3 is 5.97 Å². The fraction of sp³-hybridized carbons (Fsp3) is 0.529. The number of ether oxygens (including phenoxy) is 2. The number of hydrogen-bond donors (Lipinski definition) is 1. The molecule has 1 N–H and O–H groups in total. The van der Waals surface area contributed by atoms with E-state index in [1.807, 2.05) is 12.1 Å². The van der Waals surface area contributed by atoms with Gasteiger partial charge in [-0.05, 0) is 37.0 Å². The first-order valence-electron chi connectivity index (χ1n) is 7.94. The van der Waals surface area contributed by atoms with E-state index in [2.05, 4.69) is 21.2 Å². The summed E-state index contributed by atoms with van der Waals surface area (Å²) in [4.78, 5) is 23.2. The van der Waals surface area contributed by atoms with Crippen molar-refractivity contribution in [1.82, 2.24) is 5.32 Å². The largest absolute Gasteiger partial charge is 0.482 e. The minimum atomic E-state index is -0.558. The van der Waals surface area contributed by atoms with Gasteiger partial charge in [-0.2, -0.15) is 0 Å². The Bertz CT molecular complexity index is 529. The van der Waals surface area contributed by atoms with Crippen LogP contribution < -0.4 is 10.1 Å². The first-order valence-corrected chi connectivity index (χ1v) is 8.73. The van der Waals surface area contributed by atoms with Crippen LogP contribution in [0, 0.1) is 5.92 Å². The second-order valence-corrected chi connectivity index (χ2v) is 6.63. The fourth-order valence-electron chi connectivity index (χ4n) is 2.59. The van der Waals surface area contributed by atoms with E-state index in [0.29, 0.717) is 18.2 Å². The second kappa shape index (κ2) is 9.55. The van der Waals surface area contributed by atoms with Gasteiger partial charge in [-0.1, -0.05) is 41.3 Å². The van der Waals surface area contributed by atoms with Crippen molar-refractivity contribution in [2.24, 2.45) is 5.92 Å². The van der Waals surface area contributed by atoms with Gasteiger partial charge in [0.15, 0.2) is 13.2 Å². The molecule has 0 atom stereocenters. The molecular weight excluding hydrogens is 362 g/mol. The van der Waals surface area contributed by atoms with Gasteiger partial charge in [0, 0.05) is 11.0 Å². The number of amides is 1. The zero-order valence-corrected chi connectivity index (χ0v) is 14.6. The van der Waals surface area contributed by atoms with Crippen LogP contribution in [0.3, 0.4) is 0 Å². The molecule has 1 aliphatic carbocycles. The minimum absolute atomic E-state index is 0.216. The average Bonchev–Trinajstić information content (AvgIpc) is 2.57. The van der Waals surface area contributed by atoms with E-state index in [0.717, 1.165) is 4.47 Å². The number of nitrogens with one attached hydrogen (secondary N) is 1. The Balaban J connectivity index is 1.59. The maximum Gasteiger partial charge on any atom is 0.344 e. The van der Waals surface area contributed by atoms with E-state index < -0.39 is 5.97 Å². The molecule has 1 aromatic rings. The van der Waals surface area contributed by atoms with E-state index in [1.165, 1.54) is 32.1 Å². The molecule has 1 amide bonds. The molecule has 0 radical (unpaired) electrons. The van der Waals surface area contributed by atoms with Crippen LogP contribution in [0.25, 0.3) is 0 Å². The van der Waals surface area contributed by atoms with Crippen molar-refractivity contribution in [3.8, 4) is 5.75 Å². The molecule has 1 aromatic carbocycles. The summed E-state index contributed by atoms with van der Waals surface area (Å²) in [6, 6.07) is 7.17. The van der Waals surface area contributed by atoms with Gasteiger partial charge < -0.3 is 14.8 Å². The number of carbonyl (C=O) groups is 2. The molecule has 1 aliphatic rings. The van der Waals surface area contributed by atoms with E-state index in [-0.39, 0.29) is 19.1 Å².